The molecule has 0 fully saturated rings. The molecule has 0 aliphatic carbocycles. The predicted molar refractivity (Wildman–Crippen MR) is 69.6 cm³/mol. The maximum Gasteiger partial charge on any atom is 0.328 e. The van der Waals surface area contributed by atoms with E-state index in [0.29, 0.717) is 11.3 Å². The lowest BCUT2D eigenvalue weighted by atomic mass is 10.2. The van der Waals surface area contributed by atoms with Crippen LogP contribution >= 0.6 is 0 Å². The average Bonchev–Trinajstić information content (AvgIpc) is 2.40. The van der Waals surface area contributed by atoms with Crippen molar-refractivity contribution in [2.75, 3.05) is 0 Å². The first-order chi connectivity index (χ1) is 9.15. The zero-order chi connectivity index (χ0) is 13.7. The van der Waals surface area contributed by atoms with Gasteiger partial charge in [0.2, 0.25) is 0 Å². The summed E-state index contributed by atoms with van der Waals surface area (Å²) in [6.07, 6.45) is 2.47. The number of hydrogen-bond donors (Lipinski definition) is 1. The first-order valence-electron chi connectivity index (χ1n) is 5.58. The molecule has 2 rings (SSSR count). The van der Waals surface area contributed by atoms with E-state index in [-0.39, 0.29) is 5.75 Å². The van der Waals surface area contributed by atoms with Crippen LogP contribution in [0.3, 0.4) is 0 Å². The van der Waals surface area contributed by atoms with Gasteiger partial charge in [-0.2, -0.15) is 0 Å². The third-order valence-electron chi connectivity index (χ3n) is 2.34. The second-order valence-corrected chi connectivity index (χ2v) is 3.78. The van der Waals surface area contributed by atoms with E-state index in [0.717, 1.165) is 6.08 Å². The third kappa shape index (κ3) is 3.67. The maximum absolute atomic E-state index is 13.4. The van der Waals surface area contributed by atoms with Gasteiger partial charge in [-0.3, -0.25) is 0 Å². The van der Waals surface area contributed by atoms with Crippen LogP contribution in [0, 0.1) is 5.82 Å². The topological polar surface area (TPSA) is 46.5 Å². The van der Waals surface area contributed by atoms with E-state index in [1.165, 1.54) is 18.2 Å². The number of carbonyl (C=O) groups is 1. The number of para-hydroxylation sites is 1. The second kappa shape index (κ2) is 5.82. The van der Waals surface area contributed by atoms with Crippen molar-refractivity contribution in [2.24, 2.45) is 0 Å². The fourth-order valence-corrected chi connectivity index (χ4v) is 1.50. The standard InChI is InChI=1S/C15H11FO3/c16-13-6-1-2-7-14(13)19-12-5-3-4-11(10-12)8-9-15(17)18/h1-10H,(H,17,18)/b9-8+. The number of carboxylic acids is 1. The number of rotatable bonds is 4. The number of hydrogen-bond acceptors (Lipinski definition) is 2. The zero-order valence-electron chi connectivity index (χ0n) is 9.92. The highest BCUT2D eigenvalue weighted by Crippen LogP contribution is 2.24. The Morgan fingerprint density at radius 3 is 2.68 bits per heavy atom. The Morgan fingerprint density at radius 1 is 1.16 bits per heavy atom. The van der Waals surface area contributed by atoms with Crippen LogP contribution in [0.25, 0.3) is 6.08 Å². The molecule has 0 atom stereocenters. The Hall–Kier alpha value is -2.62. The minimum Gasteiger partial charge on any atom is -0.478 e. The Bertz CT molecular complexity index is 620. The normalized spacial score (nSPS) is 10.6. The average molecular weight is 258 g/mol. The molecule has 96 valence electrons. The van der Waals surface area contributed by atoms with Gasteiger partial charge in [0, 0.05) is 6.08 Å². The van der Waals surface area contributed by atoms with E-state index in [4.69, 9.17) is 9.84 Å². The molecule has 3 nitrogen and oxygen atoms in total. The summed E-state index contributed by atoms with van der Waals surface area (Å²) in [4.78, 5) is 10.4. The summed E-state index contributed by atoms with van der Waals surface area (Å²) < 4.78 is 18.8. The molecule has 0 radical (unpaired) electrons. The highest BCUT2D eigenvalue weighted by Gasteiger charge is 2.03. The van der Waals surface area contributed by atoms with Gasteiger partial charge in [0.15, 0.2) is 11.6 Å². The Labute approximate surface area is 109 Å². The van der Waals surface area contributed by atoms with Crippen LogP contribution in [0.15, 0.2) is 54.6 Å². The molecule has 0 aliphatic heterocycles. The van der Waals surface area contributed by atoms with Gasteiger partial charge in [0.1, 0.15) is 5.75 Å². The summed E-state index contributed by atoms with van der Waals surface area (Å²) >= 11 is 0. The maximum atomic E-state index is 13.4. The SMILES string of the molecule is O=C(O)/C=C/c1cccc(Oc2ccccc2F)c1. The Kier molecular flexibility index (Phi) is 3.93. The Morgan fingerprint density at radius 2 is 1.95 bits per heavy atom. The molecule has 19 heavy (non-hydrogen) atoms. The fraction of sp³-hybridized carbons (Fsp3) is 0. The van der Waals surface area contributed by atoms with Gasteiger partial charge < -0.3 is 9.84 Å². The van der Waals surface area contributed by atoms with Crippen LogP contribution in [0.1, 0.15) is 5.56 Å². The number of carboxylic acid groups (broad SMARTS) is 1. The molecule has 2 aromatic rings. The lowest BCUT2D eigenvalue weighted by Gasteiger charge is -2.06. The van der Waals surface area contributed by atoms with E-state index >= 15 is 0 Å². The predicted octanol–water partition coefficient (Wildman–Crippen LogP) is 3.72. The lowest BCUT2D eigenvalue weighted by molar-refractivity contribution is -0.131. The largest absolute Gasteiger partial charge is 0.478 e. The molecule has 0 aliphatic rings. The van der Waals surface area contributed by atoms with Crippen molar-refractivity contribution in [1.29, 1.82) is 0 Å². The molecule has 2 aromatic carbocycles. The van der Waals surface area contributed by atoms with E-state index in [2.05, 4.69) is 0 Å². The monoisotopic (exact) mass is 258 g/mol. The van der Waals surface area contributed by atoms with Crippen LogP contribution in [0.2, 0.25) is 0 Å². The van der Waals surface area contributed by atoms with Crippen LogP contribution in [0.5, 0.6) is 11.5 Å². The quantitative estimate of drug-likeness (QED) is 0.850. The van der Waals surface area contributed by atoms with Gasteiger partial charge in [-0.1, -0.05) is 24.3 Å². The third-order valence-corrected chi connectivity index (χ3v) is 2.34. The van der Waals surface area contributed by atoms with Gasteiger partial charge in [-0.05, 0) is 35.9 Å². The highest BCUT2D eigenvalue weighted by atomic mass is 19.1. The van der Waals surface area contributed by atoms with Crippen LogP contribution in [-0.2, 0) is 4.79 Å². The van der Waals surface area contributed by atoms with Gasteiger partial charge in [0.25, 0.3) is 0 Å². The van der Waals surface area contributed by atoms with Crippen LogP contribution in [-0.4, -0.2) is 11.1 Å². The number of benzene rings is 2. The smallest absolute Gasteiger partial charge is 0.328 e. The minimum absolute atomic E-state index is 0.127. The van der Waals surface area contributed by atoms with E-state index in [1.54, 1.807) is 36.4 Å². The van der Waals surface area contributed by atoms with Gasteiger partial charge in [0.05, 0.1) is 0 Å². The first kappa shape index (κ1) is 12.8. The molecular weight excluding hydrogens is 247 g/mol. The van der Waals surface area contributed by atoms with Crippen molar-refractivity contribution in [2.45, 2.75) is 0 Å². The van der Waals surface area contributed by atoms with Crippen molar-refractivity contribution in [1.82, 2.24) is 0 Å². The summed E-state index contributed by atoms with van der Waals surface area (Å²) in [5, 5.41) is 8.55. The molecule has 1 N–H and O–H groups in total. The van der Waals surface area contributed by atoms with Crippen LogP contribution in [0.4, 0.5) is 4.39 Å². The summed E-state index contributed by atoms with van der Waals surface area (Å²) in [5.41, 5.74) is 0.663. The molecule has 4 heteroatoms. The number of aliphatic carboxylic acids is 1. The van der Waals surface area contributed by atoms with Gasteiger partial charge in [-0.15, -0.1) is 0 Å². The lowest BCUT2D eigenvalue weighted by Crippen LogP contribution is -1.89. The molecule has 0 spiro atoms. The summed E-state index contributed by atoms with van der Waals surface area (Å²) in [6.45, 7) is 0. The van der Waals surface area contributed by atoms with E-state index < -0.39 is 11.8 Å². The van der Waals surface area contributed by atoms with Gasteiger partial charge in [-0.25, -0.2) is 9.18 Å². The van der Waals surface area contributed by atoms with Crippen molar-refractivity contribution in [3.8, 4) is 11.5 Å². The highest BCUT2D eigenvalue weighted by molar-refractivity contribution is 5.85. The Balaban J connectivity index is 2.20. The van der Waals surface area contributed by atoms with Gasteiger partial charge >= 0.3 is 5.97 Å². The number of halogens is 1. The van der Waals surface area contributed by atoms with Crippen LogP contribution < -0.4 is 4.74 Å². The number of ether oxygens (including phenoxy) is 1. The fourth-order valence-electron chi connectivity index (χ4n) is 1.50. The molecule has 0 bridgehead atoms. The molecule has 0 saturated heterocycles. The molecule has 0 amide bonds. The van der Waals surface area contributed by atoms with Crippen molar-refractivity contribution in [3.05, 3.63) is 66.0 Å². The summed E-state index contributed by atoms with van der Waals surface area (Å²) in [5.74, 6) is -0.908. The summed E-state index contributed by atoms with van der Waals surface area (Å²) in [6, 6.07) is 12.8. The minimum atomic E-state index is -1.03. The second-order valence-electron chi connectivity index (χ2n) is 3.78. The first-order valence-corrected chi connectivity index (χ1v) is 5.58. The van der Waals surface area contributed by atoms with Crippen molar-refractivity contribution >= 4 is 12.0 Å². The molecule has 0 aromatic heterocycles. The van der Waals surface area contributed by atoms with E-state index in [1.807, 2.05) is 0 Å². The summed E-state index contributed by atoms with van der Waals surface area (Å²) in [7, 11) is 0. The zero-order valence-corrected chi connectivity index (χ0v) is 9.92. The van der Waals surface area contributed by atoms with E-state index in [9.17, 15) is 9.18 Å². The van der Waals surface area contributed by atoms with Crippen molar-refractivity contribution < 1.29 is 19.0 Å². The molecule has 0 heterocycles. The molecule has 0 unspecified atom stereocenters. The van der Waals surface area contributed by atoms with Crippen molar-refractivity contribution in [3.63, 3.8) is 0 Å². The molecule has 0 saturated carbocycles. The molecular formula is C15H11FO3.